The number of methoxy groups -OCH3 is 2. The number of benzene rings is 2. The van der Waals surface area contributed by atoms with Gasteiger partial charge in [0, 0.05) is 31.7 Å². The fraction of sp³-hybridized carbons (Fsp3) is 0.481. The van der Waals surface area contributed by atoms with Crippen LogP contribution in [-0.2, 0) is 16.0 Å². The molecule has 5 rings (SSSR count). The van der Waals surface area contributed by atoms with Crippen molar-refractivity contribution < 1.29 is 23.8 Å². The highest BCUT2D eigenvalue weighted by molar-refractivity contribution is 6.02. The summed E-state index contributed by atoms with van der Waals surface area (Å²) >= 11 is 0. The van der Waals surface area contributed by atoms with Crippen molar-refractivity contribution in [2.24, 2.45) is 0 Å². The molecule has 3 aliphatic heterocycles. The average molecular weight is 480 g/mol. The summed E-state index contributed by atoms with van der Waals surface area (Å²) in [5.41, 5.74) is 3.43. The van der Waals surface area contributed by atoms with E-state index >= 15 is 0 Å². The Kier molecular flexibility index (Phi) is 6.92. The molecule has 0 bridgehead atoms. The van der Waals surface area contributed by atoms with Gasteiger partial charge in [0.2, 0.25) is 5.91 Å². The maximum absolute atomic E-state index is 13.8. The first-order chi connectivity index (χ1) is 17.1. The van der Waals surface area contributed by atoms with E-state index in [9.17, 15) is 9.59 Å². The lowest BCUT2D eigenvalue weighted by atomic mass is 9.75. The van der Waals surface area contributed by atoms with Crippen LogP contribution in [0.15, 0.2) is 36.4 Å². The quantitative estimate of drug-likeness (QED) is 0.615. The topological polar surface area (TPSA) is 80.3 Å². The highest BCUT2D eigenvalue weighted by atomic mass is 16.5. The lowest BCUT2D eigenvalue weighted by molar-refractivity contribution is -0.124. The molecule has 3 heterocycles. The van der Waals surface area contributed by atoms with Crippen molar-refractivity contribution in [1.29, 1.82) is 0 Å². The Morgan fingerprint density at radius 1 is 1.06 bits per heavy atom. The molecular formula is C27H33N3O5. The Labute approximate surface area is 206 Å². The molecule has 0 spiro atoms. The Hall–Kier alpha value is -3.10. The second-order valence-electron chi connectivity index (χ2n) is 9.26. The molecule has 8 heteroatoms. The highest BCUT2D eigenvalue weighted by Crippen LogP contribution is 2.48. The van der Waals surface area contributed by atoms with E-state index in [4.69, 9.17) is 14.2 Å². The molecule has 1 saturated heterocycles. The number of morpholine rings is 1. The van der Waals surface area contributed by atoms with Crippen molar-refractivity contribution in [2.75, 3.05) is 60.2 Å². The second-order valence-corrected chi connectivity index (χ2v) is 9.26. The summed E-state index contributed by atoms with van der Waals surface area (Å²) in [6.07, 6.45) is 1.63. The third-order valence-electron chi connectivity index (χ3n) is 7.37. The number of hydrogen-bond acceptors (Lipinski definition) is 6. The highest BCUT2D eigenvalue weighted by Gasteiger charge is 2.46. The van der Waals surface area contributed by atoms with Gasteiger partial charge in [0.25, 0.3) is 5.91 Å². The van der Waals surface area contributed by atoms with Crippen molar-refractivity contribution in [3.05, 3.63) is 58.7 Å². The van der Waals surface area contributed by atoms with Crippen LogP contribution in [0.4, 0.5) is 0 Å². The van der Waals surface area contributed by atoms with E-state index in [0.717, 1.165) is 51.3 Å². The number of carbonyl (C=O) groups is 2. The number of carbonyl (C=O) groups excluding carboxylic acids is 2. The predicted octanol–water partition coefficient (Wildman–Crippen LogP) is 2.38. The molecule has 35 heavy (non-hydrogen) atoms. The molecule has 0 aromatic heterocycles. The van der Waals surface area contributed by atoms with E-state index in [1.807, 2.05) is 23.1 Å². The standard InChI is InChI=1S/C27H33N3O5/c1-33-22-16-20-21(17-23(22)34-2)27(32)30-11-8-18-6-3-4-7-19(18)25(30)24(20)26(31)28-9-5-10-29-12-14-35-15-13-29/h3-4,6-7,16-17,24-25H,5,8-15H2,1-2H3,(H,28,31). The van der Waals surface area contributed by atoms with E-state index in [2.05, 4.69) is 16.3 Å². The Morgan fingerprint density at radius 3 is 2.57 bits per heavy atom. The molecule has 186 valence electrons. The Bertz CT molecular complexity index is 1100. The van der Waals surface area contributed by atoms with Crippen molar-refractivity contribution in [1.82, 2.24) is 15.1 Å². The molecule has 2 aromatic carbocycles. The average Bonchev–Trinajstić information content (AvgIpc) is 2.91. The molecule has 0 radical (unpaired) electrons. The summed E-state index contributed by atoms with van der Waals surface area (Å²) in [5.74, 6) is 0.325. The molecule has 2 aromatic rings. The van der Waals surface area contributed by atoms with Crippen molar-refractivity contribution in [3.63, 3.8) is 0 Å². The van der Waals surface area contributed by atoms with Gasteiger partial charge >= 0.3 is 0 Å². The van der Waals surface area contributed by atoms with E-state index in [0.29, 0.717) is 35.7 Å². The lowest BCUT2D eigenvalue weighted by Crippen LogP contribution is -2.50. The van der Waals surface area contributed by atoms with E-state index in [1.165, 1.54) is 5.56 Å². The molecule has 3 aliphatic rings. The number of nitrogens with zero attached hydrogens (tertiary/aromatic N) is 2. The summed E-state index contributed by atoms with van der Waals surface area (Å²) in [7, 11) is 3.12. The summed E-state index contributed by atoms with van der Waals surface area (Å²) in [6, 6.07) is 11.3. The Balaban J connectivity index is 1.46. The second kappa shape index (κ2) is 10.3. The van der Waals surface area contributed by atoms with E-state index in [1.54, 1.807) is 26.4 Å². The third-order valence-corrected chi connectivity index (χ3v) is 7.37. The van der Waals surface area contributed by atoms with Crippen molar-refractivity contribution in [2.45, 2.75) is 24.8 Å². The van der Waals surface area contributed by atoms with Gasteiger partial charge in [-0.15, -0.1) is 0 Å². The zero-order chi connectivity index (χ0) is 24.4. The van der Waals surface area contributed by atoms with Crippen LogP contribution >= 0.6 is 0 Å². The Morgan fingerprint density at radius 2 is 1.80 bits per heavy atom. The largest absolute Gasteiger partial charge is 0.493 e. The van der Waals surface area contributed by atoms with Gasteiger partial charge in [0.15, 0.2) is 11.5 Å². The van der Waals surface area contributed by atoms with Gasteiger partial charge in [0.05, 0.1) is 39.4 Å². The maximum Gasteiger partial charge on any atom is 0.254 e. The number of nitrogens with one attached hydrogen (secondary N) is 1. The van der Waals surface area contributed by atoms with Gasteiger partial charge < -0.3 is 24.4 Å². The zero-order valence-electron chi connectivity index (χ0n) is 20.4. The monoisotopic (exact) mass is 479 g/mol. The molecule has 0 saturated carbocycles. The van der Waals surface area contributed by atoms with Crippen LogP contribution in [0.25, 0.3) is 0 Å². The normalized spacial score (nSPS) is 21.5. The fourth-order valence-electron chi connectivity index (χ4n) is 5.58. The number of rotatable bonds is 7. The smallest absolute Gasteiger partial charge is 0.254 e. The minimum Gasteiger partial charge on any atom is -0.493 e. The molecule has 2 unspecified atom stereocenters. The minimum absolute atomic E-state index is 0.0698. The SMILES string of the molecule is COc1cc2c(cc1OC)C(C(=O)NCCCN1CCOCC1)C1c3ccccc3CCN1C2=O. The first kappa shape index (κ1) is 23.6. The van der Waals surface area contributed by atoms with Gasteiger partial charge in [-0.3, -0.25) is 14.5 Å². The predicted molar refractivity (Wildman–Crippen MR) is 131 cm³/mol. The fourth-order valence-corrected chi connectivity index (χ4v) is 5.58. The number of hydrogen-bond donors (Lipinski definition) is 1. The van der Waals surface area contributed by atoms with Crippen LogP contribution in [0.5, 0.6) is 11.5 Å². The maximum atomic E-state index is 13.8. The summed E-state index contributed by atoms with van der Waals surface area (Å²) in [5, 5.41) is 3.17. The van der Waals surface area contributed by atoms with Gasteiger partial charge in [-0.1, -0.05) is 24.3 Å². The van der Waals surface area contributed by atoms with Gasteiger partial charge in [0.1, 0.15) is 0 Å². The summed E-state index contributed by atoms with van der Waals surface area (Å²) < 4.78 is 16.4. The molecule has 1 fully saturated rings. The van der Waals surface area contributed by atoms with Crippen molar-refractivity contribution >= 4 is 11.8 Å². The zero-order valence-corrected chi connectivity index (χ0v) is 20.4. The molecule has 1 N–H and O–H groups in total. The van der Waals surface area contributed by atoms with Gasteiger partial charge in [-0.05, 0) is 48.2 Å². The number of amides is 2. The van der Waals surface area contributed by atoms with Crippen LogP contribution in [0.1, 0.15) is 45.4 Å². The minimum atomic E-state index is -0.535. The molecule has 8 nitrogen and oxygen atoms in total. The molecule has 2 amide bonds. The number of ether oxygens (including phenoxy) is 3. The van der Waals surface area contributed by atoms with E-state index < -0.39 is 5.92 Å². The van der Waals surface area contributed by atoms with Crippen LogP contribution < -0.4 is 14.8 Å². The van der Waals surface area contributed by atoms with Crippen LogP contribution in [0, 0.1) is 0 Å². The van der Waals surface area contributed by atoms with Gasteiger partial charge in [-0.25, -0.2) is 0 Å². The third kappa shape index (κ3) is 4.48. The molecular weight excluding hydrogens is 446 g/mol. The van der Waals surface area contributed by atoms with Gasteiger partial charge in [-0.2, -0.15) is 0 Å². The van der Waals surface area contributed by atoms with Crippen LogP contribution in [0.2, 0.25) is 0 Å². The number of fused-ring (bicyclic) bond motifs is 4. The molecule has 0 aliphatic carbocycles. The first-order valence-electron chi connectivity index (χ1n) is 12.3. The summed E-state index contributed by atoms with van der Waals surface area (Å²) in [6.45, 7) is 5.48. The first-order valence-corrected chi connectivity index (χ1v) is 12.3. The molecule has 2 atom stereocenters. The lowest BCUT2D eigenvalue weighted by Gasteiger charge is -2.45. The van der Waals surface area contributed by atoms with Crippen LogP contribution in [-0.4, -0.2) is 81.8 Å². The summed E-state index contributed by atoms with van der Waals surface area (Å²) in [4.78, 5) is 31.6. The van der Waals surface area contributed by atoms with E-state index in [-0.39, 0.29) is 17.9 Å². The van der Waals surface area contributed by atoms with Crippen LogP contribution in [0.3, 0.4) is 0 Å². The van der Waals surface area contributed by atoms with Crippen molar-refractivity contribution in [3.8, 4) is 11.5 Å².